The van der Waals surface area contributed by atoms with Crippen LogP contribution in [0.25, 0.3) is 0 Å². The fourth-order valence-electron chi connectivity index (χ4n) is 5.54. The number of fused-ring (bicyclic) bond motifs is 9. The topological polar surface area (TPSA) is 107 Å². The minimum Gasteiger partial charge on any atom is -0.493 e. The van der Waals surface area contributed by atoms with Crippen molar-refractivity contribution in [2.75, 3.05) is 33.8 Å². The van der Waals surface area contributed by atoms with E-state index in [1.807, 2.05) is 56.3 Å². The van der Waals surface area contributed by atoms with E-state index in [1.54, 1.807) is 43.3 Å². The highest BCUT2D eigenvalue weighted by molar-refractivity contribution is 5.94. The van der Waals surface area contributed by atoms with Gasteiger partial charge in [0.25, 0.3) is 5.91 Å². The summed E-state index contributed by atoms with van der Waals surface area (Å²) in [5, 5.41) is 3.07. The Hall–Kier alpha value is -4.57. The number of amides is 3. The number of hydrogen-bond acceptors (Lipinski definition) is 7. The molecular weight excluding hydrogens is 574 g/mol. The van der Waals surface area contributed by atoms with Crippen molar-refractivity contribution in [2.45, 2.75) is 58.0 Å². The number of benzene rings is 3. The van der Waals surface area contributed by atoms with Gasteiger partial charge < -0.3 is 34.1 Å². The van der Waals surface area contributed by atoms with Crippen LogP contribution in [0.5, 0.6) is 23.0 Å². The average molecular weight is 616 g/mol. The third-order valence-corrected chi connectivity index (χ3v) is 7.92. The number of carbonyl (C=O) groups excluding carboxylic acids is 3. The minimum absolute atomic E-state index is 0.0365. The van der Waals surface area contributed by atoms with Gasteiger partial charge in [-0.2, -0.15) is 0 Å². The molecule has 3 amide bonds. The van der Waals surface area contributed by atoms with Crippen molar-refractivity contribution in [2.24, 2.45) is 0 Å². The maximum Gasteiger partial charge on any atom is 0.253 e. The number of ether oxygens (including phenoxy) is 4. The smallest absolute Gasteiger partial charge is 0.253 e. The van der Waals surface area contributed by atoms with Gasteiger partial charge in [0.15, 0.2) is 11.5 Å². The standard InChI is InChI=1S/C35H41N3O7/c1-23(2)44-27-12-10-26(11-13-27)35(41)38-17-16-29-32(20-38)43-22-25-6-5-7-28(18-25)45-30-14-8-24(19-31(30)42-4)9-15-34(40)37(3)21-33(39)36-29/h5-8,10-14,18-19,23,29,32H,9,15-17,20-22H2,1-4H3,(H,36,39)/t29-,32-/m0/s1. The number of aryl methyl sites for hydroxylation is 1. The Morgan fingerprint density at radius 1 is 1.00 bits per heavy atom. The lowest BCUT2D eigenvalue weighted by molar-refractivity contribution is -0.135. The van der Waals surface area contributed by atoms with Crippen LogP contribution in [0.3, 0.4) is 0 Å². The van der Waals surface area contributed by atoms with Gasteiger partial charge >= 0.3 is 0 Å². The lowest BCUT2D eigenvalue weighted by Gasteiger charge is -2.39. The van der Waals surface area contributed by atoms with Crippen LogP contribution in [0.2, 0.25) is 0 Å². The number of nitrogens with one attached hydrogen (secondary N) is 1. The van der Waals surface area contributed by atoms with E-state index >= 15 is 0 Å². The Labute approximate surface area is 264 Å². The van der Waals surface area contributed by atoms with Gasteiger partial charge in [0.1, 0.15) is 11.5 Å². The van der Waals surface area contributed by atoms with Gasteiger partial charge in [-0.25, -0.2) is 0 Å². The molecule has 2 atom stereocenters. The number of carbonyl (C=O) groups is 3. The van der Waals surface area contributed by atoms with E-state index in [9.17, 15) is 14.4 Å². The highest BCUT2D eigenvalue weighted by Crippen LogP contribution is 2.33. The highest BCUT2D eigenvalue weighted by atomic mass is 16.5. The monoisotopic (exact) mass is 615 g/mol. The van der Waals surface area contributed by atoms with Gasteiger partial charge in [0.2, 0.25) is 11.8 Å². The third-order valence-electron chi connectivity index (χ3n) is 7.92. The molecule has 10 heteroatoms. The zero-order valence-electron chi connectivity index (χ0n) is 26.3. The minimum atomic E-state index is -0.477. The van der Waals surface area contributed by atoms with E-state index in [-0.39, 0.29) is 49.4 Å². The summed E-state index contributed by atoms with van der Waals surface area (Å²) in [5.74, 6) is 1.91. The summed E-state index contributed by atoms with van der Waals surface area (Å²) < 4.78 is 23.9. The molecule has 1 N–H and O–H groups in total. The summed E-state index contributed by atoms with van der Waals surface area (Å²) in [6.07, 6.45) is 0.800. The Balaban J connectivity index is 1.37. The second kappa shape index (κ2) is 14.5. The summed E-state index contributed by atoms with van der Waals surface area (Å²) in [6.45, 7) is 4.81. The zero-order valence-corrected chi connectivity index (χ0v) is 26.3. The van der Waals surface area contributed by atoms with Crippen LogP contribution >= 0.6 is 0 Å². The normalized spacial score (nSPS) is 19.5. The molecule has 3 aromatic carbocycles. The van der Waals surface area contributed by atoms with Crippen molar-refractivity contribution in [3.8, 4) is 23.0 Å². The molecule has 3 aliphatic rings. The van der Waals surface area contributed by atoms with E-state index in [4.69, 9.17) is 18.9 Å². The molecule has 0 saturated carbocycles. The van der Waals surface area contributed by atoms with Crippen molar-refractivity contribution >= 4 is 17.7 Å². The van der Waals surface area contributed by atoms with E-state index in [1.165, 1.54) is 4.90 Å². The van der Waals surface area contributed by atoms with Crippen molar-refractivity contribution in [1.82, 2.24) is 15.1 Å². The van der Waals surface area contributed by atoms with Gasteiger partial charge in [-0.3, -0.25) is 14.4 Å². The fraction of sp³-hybridized carbons (Fsp3) is 0.400. The first-order valence-corrected chi connectivity index (χ1v) is 15.3. The molecule has 3 aromatic rings. The number of piperidine rings is 1. The lowest BCUT2D eigenvalue weighted by atomic mass is 10.00. The molecule has 3 heterocycles. The summed E-state index contributed by atoms with van der Waals surface area (Å²) in [6, 6.07) is 20.0. The van der Waals surface area contributed by atoms with E-state index < -0.39 is 6.10 Å². The molecule has 0 radical (unpaired) electrons. The molecule has 0 spiro atoms. The van der Waals surface area contributed by atoms with Crippen LogP contribution < -0.4 is 19.5 Å². The van der Waals surface area contributed by atoms with Crippen molar-refractivity contribution in [1.29, 1.82) is 0 Å². The molecular formula is C35H41N3O7. The first kappa shape index (κ1) is 31.8. The zero-order chi connectivity index (χ0) is 31.9. The predicted molar refractivity (Wildman–Crippen MR) is 169 cm³/mol. The van der Waals surface area contributed by atoms with Gasteiger partial charge in [0.05, 0.1) is 38.5 Å². The summed E-state index contributed by atoms with van der Waals surface area (Å²) >= 11 is 0. The Morgan fingerprint density at radius 2 is 1.80 bits per heavy atom. The summed E-state index contributed by atoms with van der Waals surface area (Å²) in [7, 11) is 3.20. The molecule has 0 aromatic heterocycles. The second-order valence-electron chi connectivity index (χ2n) is 11.7. The van der Waals surface area contributed by atoms with E-state index in [0.717, 1.165) is 11.1 Å². The largest absolute Gasteiger partial charge is 0.493 e. The first-order chi connectivity index (χ1) is 21.7. The Bertz CT molecular complexity index is 1510. The predicted octanol–water partition coefficient (Wildman–Crippen LogP) is 4.60. The Kier molecular flexibility index (Phi) is 10.2. The fourth-order valence-corrected chi connectivity index (χ4v) is 5.54. The van der Waals surface area contributed by atoms with Crippen molar-refractivity contribution < 1.29 is 33.3 Å². The molecule has 1 saturated heterocycles. The number of hydrogen-bond donors (Lipinski definition) is 1. The Morgan fingerprint density at radius 3 is 2.56 bits per heavy atom. The number of rotatable bonds is 4. The quantitative estimate of drug-likeness (QED) is 0.458. The van der Waals surface area contributed by atoms with Crippen LogP contribution in [-0.4, -0.2) is 79.6 Å². The van der Waals surface area contributed by atoms with Gasteiger partial charge in [0, 0.05) is 32.1 Å². The molecule has 0 unspecified atom stereocenters. The van der Waals surface area contributed by atoms with Crippen LogP contribution in [0.15, 0.2) is 66.7 Å². The molecule has 0 aliphatic carbocycles. The average Bonchev–Trinajstić information content (AvgIpc) is 3.03. The maximum absolute atomic E-state index is 13.5. The maximum atomic E-state index is 13.5. The molecule has 10 nitrogen and oxygen atoms in total. The van der Waals surface area contributed by atoms with Crippen molar-refractivity contribution in [3.05, 3.63) is 83.4 Å². The molecule has 238 valence electrons. The molecule has 45 heavy (non-hydrogen) atoms. The molecule has 6 rings (SSSR count). The number of methoxy groups -OCH3 is 1. The third kappa shape index (κ3) is 8.33. The number of likely N-dealkylation sites (tertiary alicyclic amines) is 1. The molecule has 4 bridgehead atoms. The first-order valence-electron chi connectivity index (χ1n) is 15.3. The highest BCUT2D eigenvalue weighted by Gasteiger charge is 2.34. The lowest BCUT2D eigenvalue weighted by Crippen LogP contribution is -2.57. The van der Waals surface area contributed by atoms with Crippen molar-refractivity contribution in [3.63, 3.8) is 0 Å². The molecule has 3 aliphatic heterocycles. The van der Waals surface area contributed by atoms with E-state index in [2.05, 4.69) is 5.32 Å². The van der Waals surface area contributed by atoms with E-state index in [0.29, 0.717) is 54.5 Å². The second-order valence-corrected chi connectivity index (χ2v) is 11.7. The SMILES string of the molecule is COc1cc2ccc1Oc1cccc(c1)CO[C@H]1CN(C(=O)c3ccc(OC(C)C)cc3)CC[C@@H]1NC(=O)CN(C)C(=O)CC2. The van der Waals surface area contributed by atoms with Crippen LogP contribution in [-0.2, 0) is 27.4 Å². The number of likely N-dealkylation sites (N-methyl/N-ethyl adjacent to an activating group) is 1. The summed E-state index contributed by atoms with van der Waals surface area (Å²) in [4.78, 5) is 42.7. The van der Waals surface area contributed by atoms with Gasteiger partial charge in [-0.05, 0) is 86.3 Å². The van der Waals surface area contributed by atoms with Crippen LogP contribution in [0.1, 0.15) is 48.2 Å². The van der Waals surface area contributed by atoms with Crippen LogP contribution in [0, 0.1) is 0 Å². The van der Waals surface area contributed by atoms with Gasteiger partial charge in [-0.15, -0.1) is 0 Å². The summed E-state index contributed by atoms with van der Waals surface area (Å²) in [5.41, 5.74) is 2.35. The molecule has 1 fully saturated rings. The van der Waals surface area contributed by atoms with Crippen LogP contribution in [0.4, 0.5) is 0 Å². The van der Waals surface area contributed by atoms with Gasteiger partial charge in [-0.1, -0.05) is 18.2 Å². The number of nitrogens with zero attached hydrogens (tertiary/aromatic N) is 2.